The number of nitrogens with zero attached hydrogens (tertiary/aromatic N) is 3. The summed E-state index contributed by atoms with van der Waals surface area (Å²) in [7, 11) is 0. The largest absolute Gasteiger partial charge is 0.331 e. The molecule has 6 heteroatoms. The van der Waals surface area contributed by atoms with E-state index in [0.29, 0.717) is 18.2 Å². The lowest BCUT2D eigenvalue weighted by atomic mass is 9.96. The maximum Gasteiger partial charge on any atom is 0.162 e. The van der Waals surface area contributed by atoms with Crippen LogP contribution in [-0.2, 0) is 6.54 Å². The molecule has 3 rings (SSSR count). The van der Waals surface area contributed by atoms with E-state index in [2.05, 4.69) is 15.5 Å². The van der Waals surface area contributed by atoms with Gasteiger partial charge in [-0.2, -0.15) is 0 Å². The molecule has 0 saturated carbocycles. The van der Waals surface area contributed by atoms with Crippen molar-refractivity contribution in [3.63, 3.8) is 0 Å². The fourth-order valence-electron chi connectivity index (χ4n) is 2.44. The van der Waals surface area contributed by atoms with Gasteiger partial charge in [-0.05, 0) is 25.1 Å². The Balaban J connectivity index is 1.86. The van der Waals surface area contributed by atoms with Crippen LogP contribution in [0.2, 0.25) is 5.15 Å². The smallest absolute Gasteiger partial charge is 0.162 e. The molecule has 18 heavy (non-hydrogen) atoms. The third-order valence-electron chi connectivity index (χ3n) is 3.45. The van der Waals surface area contributed by atoms with Crippen LogP contribution < -0.4 is 5.32 Å². The van der Waals surface area contributed by atoms with Gasteiger partial charge in [-0.3, -0.25) is 0 Å². The highest BCUT2D eigenvalue weighted by Crippen LogP contribution is 2.22. The van der Waals surface area contributed by atoms with E-state index in [1.807, 2.05) is 16.8 Å². The average Bonchev–Trinajstić information content (AvgIpc) is 2.74. The summed E-state index contributed by atoms with van der Waals surface area (Å²) >= 11 is 5.79. The molecule has 1 N–H and O–H groups in total. The first-order valence-electron chi connectivity index (χ1n) is 6.07. The fraction of sp³-hybridized carbons (Fsp3) is 0.500. The van der Waals surface area contributed by atoms with Crippen molar-refractivity contribution in [3.05, 3.63) is 23.5 Å². The van der Waals surface area contributed by atoms with Crippen LogP contribution in [-0.4, -0.2) is 34.0 Å². The maximum atomic E-state index is 13.8. The molecule has 3 heterocycles. The van der Waals surface area contributed by atoms with Crippen molar-refractivity contribution in [1.82, 2.24) is 20.1 Å². The normalized spacial score (nSPS) is 24.6. The van der Waals surface area contributed by atoms with E-state index >= 15 is 0 Å². The molecule has 2 aromatic rings. The minimum atomic E-state index is -0.795. The summed E-state index contributed by atoms with van der Waals surface area (Å²) in [6.07, 6.45) is 1.98. The summed E-state index contributed by atoms with van der Waals surface area (Å²) in [6.45, 7) is 1.96. The topological polar surface area (TPSA) is 42.7 Å². The van der Waals surface area contributed by atoms with Crippen molar-refractivity contribution in [2.45, 2.75) is 19.1 Å². The van der Waals surface area contributed by atoms with Gasteiger partial charge in [0.25, 0.3) is 0 Å². The zero-order valence-electron chi connectivity index (χ0n) is 9.81. The Hall–Kier alpha value is -1.20. The molecule has 0 spiro atoms. The number of nitrogens with one attached hydrogen (secondary N) is 1. The van der Waals surface area contributed by atoms with Gasteiger partial charge in [0.1, 0.15) is 6.17 Å². The Bertz CT molecular complexity index is 556. The summed E-state index contributed by atoms with van der Waals surface area (Å²) in [4.78, 5) is 0. The molecular weight excluding hydrogens is 255 g/mol. The highest BCUT2D eigenvalue weighted by molar-refractivity contribution is 6.29. The van der Waals surface area contributed by atoms with Crippen LogP contribution in [0.4, 0.5) is 4.39 Å². The van der Waals surface area contributed by atoms with E-state index in [9.17, 15) is 4.39 Å². The van der Waals surface area contributed by atoms with Gasteiger partial charge in [-0.25, -0.2) is 4.39 Å². The number of fused-ring (bicyclic) bond motifs is 1. The molecule has 2 atom stereocenters. The molecule has 0 radical (unpaired) electrons. The highest BCUT2D eigenvalue weighted by Gasteiger charge is 2.25. The number of hydrogen-bond acceptors (Lipinski definition) is 3. The van der Waals surface area contributed by atoms with E-state index in [1.54, 1.807) is 6.07 Å². The molecular formula is C12H14ClFN4. The number of aromatic nitrogens is 3. The summed E-state index contributed by atoms with van der Waals surface area (Å²) < 4.78 is 15.7. The van der Waals surface area contributed by atoms with Crippen molar-refractivity contribution >= 4 is 22.6 Å². The second-order valence-corrected chi connectivity index (χ2v) is 5.07. The number of rotatable bonds is 2. The van der Waals surface area contributed by atoms with Crippen molar-refractivity contribution in [2.24, 2.45) is 5.92 Å². The Morgan fingerprint density at radius 3 is 3.22 bits per heavy atom. The molecule has 1 fully saturated rings. The summed E-state index contributed by atoms with van der Waals surface area (Å²) in [5, 5.41) is 12.3. The van der Waals surface area contributed by atoms with Crippen molar-refractivity contribution in [1.29, 1.82) is 0 Å². The summed E-state index contributed by atoms with van der Waals surface area (Å²) in [6, 6.07) is 3.71. The Morgan fingerprint density at radius 1 is 1.50 bits per heavy atom. The lowest BCUT2D eigenvalue weighted by Crippen LogP contribution is -2.39. The van der Waals surface area contributed by atoms with E-state index in [0.717, 1.165) is 24.0 Å². The monoisotopic (exact) mass is 268 g/mol. The molecule has 0 unspecified atom stereocenters. The minimum Gasteiger partial charge on any atom is -0.331 e. The first-order chi connectivity index (χ1) is 8.74. The summed E-state index contributed by atoms with van der Waals surface area (Å²) in [5.74, 6) is 0.0410. The minimum absolute atomic E-state index is 0.0410. The molecule has 0 amide bonds. The molecule has 0 aromatic carbocycles. The molecule has 0 bridgehead atoms. The third-order valence-corrected chi connectivity index (χ3v) is 3.64. The second-order valence-electron chi connectivity index (χ2n) is 4.68. The van der Waals surface area contributed by atoms with Crippen LogP contribution in [0.3, 0.4) is 0 Å². The van der Waals surface area contributed by atoms with Gasteiger partial charge in [0.05, 0.1) is 0 Å². The van der Waals surface area contributed by atoms with Crippen LogP contribution in [0.15, 0.2) is 18.3 Å². The van der Waals surface area contributed by atoms with Gasteiger partial charge in [0.2, 0.25) is 0 Å². The van der Waals surface area contributed by atoms with Crippen LogP contribution in [0.1, 0.15) is 6.42 Å². The maximum absolute atomic E-state index is 13.8. The first kappa shape index (κ1) is 11.9. The Kier molecular flexibility index (Phi) is 3.18. The number of halogens is 2. The lowest BCUT2D eigenvalue weighted by Gasteiger charge is -2.27. The second kappa shape index (κ2) is 4.82. The molecule has 2 aromatic heterocycles. The standard InChI is InChI=1S/C12H14ClFN4/c13-11-5-8-2-4-18(12(8)17-16-11)7-9-1-3-15-6-10(9)14/h2,4-5,9-10,15H,1,3,6-7H2/t9-,10+/m0/s1. The predicted octanol–water partition coefficient (Wildman–Crippen LogP) is 2.03. The van der Waals surface area contributed by atoms with Crippen molar-refractivity contribution in [3.8, 4) is 0 Å². The van der Waals surface area contributed by atoms with Gasteiger partial charge in [0.15, 0.2) is 10.8 Å². The van der Waals surface area contributed by atoms with Gasteiger partial charge in [0, 0.05) is 30.6 Å². The van der Waals surface area contributed by atoms with Crippen molar-refractivity contribution in [2.75, 3.05) is 13.1 Å². The van der Waals surface area contributed by atoms with Gasteiger partial charge in [-0.1, -0.05) is 11.6 Å². The molecule has 96 valence electrons. The molecule has 1 aliphatic heterocycles. The first-order valence-corrected chi connectivity index (χ1v) is 6.44. The lowest BCUT2D eigenvalue weighted by molar-refractivity contribution is 0.164. The zero-order chi connectivity index (χ0) is 12.5. The SMILES string of the molecule is F[C@@H]1CNCC[C@H]1Cn1ccc2cc(Cl)nnc21. The van der Waals surface area contributed by atoms with Crippen LogP contribution >= 0.6 is 11.6 Å². The Labute approximate surface area is 109 Å². The van der Waals surface area contributed by atoms with Crippen LogP contribution in [0.25, 0.3) is 11.0 Å². The van der Waals surface area contributed by atoms with Crippen molar-refractivity contribution < 1.29 is 4.39 Å². The number of hydrogen-bond donors (Lipinski definition) is 1. The zero-order valence-corrected chi connectivity index (χ0v) is 10.6. The molecule has 0 aliphatic carbocycles. The summed E-state index contributed by atoms with van der Waals surface area (Å²) in [5.41, 5.74) is 0.769. The van der Waals surface area contributed by atoms with E-state index in [1.165, 1.54) is 0 Å². The van der Waals surface area contributed by atoms with Gasteiger partial charge >= 0.3 is 0 Å². The molecule has 1 saturated heterocycles. The highest BCUT2D eigenvalue weighted by atomic mass is 35.5. The fourth-order valence-corrected chi connectivity index (χ4v) is 2.60. The van der Waals surface area contributed by atoms with E-state index in [4.69, 9.17) is 11.6 Å². The Morgan fingerprint density at radius 2 is 2.39 bits per heavy atom. The van der Waals surface area contributed by atoms with Crippen LogP contribution in [0.5, 0.6) is 0 Å². The number of alkyl halides is 1. The van der Waals surface area contributed by atoms with Crippen LogP contribution in [0, 0.1) is 5.92 Å². The molecule has 1 aliphatic rings. The van der Waals surface area contributed by atoms with E-state index < -0.39 is 6.17 Å². The average molecular weight is 269 g/mol. The van der Waals surface area contributed by atoms with Gasteiger partial charge < -0.3 is 9.88 Å². The van der Waals surface area contributed by atoms with Gasteiger partial charge in [-0.15, -0.1) is 10.2 Å². The predicted molar refractivity (Wildman–Crippen MR) is 68.4 cm³/mol. The quantitative estimate of drug-likeness (QED) is 0.906. The van der Waals surface area contributed by atoms with E-state index in [-0.39, 0.29) is 5.92 Å². The molecule has 4 nitrogen and oxygen atoms in total. The number of piperidine rings is 1. The third kappa shape index (κ3) is 2.20.